The van der Waals surface area contributed by atoms with E-state index in [0.29, 0.717) is 11.1 Å². The fourth-order valence-electron chi connectivity index (χ4n) is 1.65. The van der Waals surface area contributed by atoms with Crippen LogP contribution >= 0.6 is 22.6 Å². The smallest absolute Gasteiger partial charge is 0.338 e. The molecule has 0 aliphatic rings. The Kier molecular flexibility index (Phi) is 4.89. The molecule has 102 valence electrons. The Morgan fingerprint density at radius 3 is 2.40 bits per heavy atom. The maximum Gasteiger partial charge on any atom is 0.338 e. The number of ketones is 1. The van der Waals surface area contributed by atoms with Gasteiger partial charge in [0.15, 0.2) is 12.4 Å². The molecule has 0 aromatic heterocycles. The Bertz CT molecular complexity index is 632. The number of benzene rings is 2. The number of rotatable bonds is 4. The topological polar surface area (TPSA) is 43.4 Å². The molecule has 20 heavy (non-hydrogen) atoms. The van der Waals surface area contributed by atoms with E-state index in [0.717, 1.165) is 9.13 Å². The average Bonchev–Trinajstić information content (AvgIpc) is 2.45. The highest BCUT2D eigenvalue weighted by molar-refractivity contribution is 14.1. The van der Waals surface area contributed by atoms with E-state index in [-0.39, 0.29) is 12.4 Å². The van der Waals surface area contributed by atoms with Crippen LogP contribution in [0.1, 0.15) is 26.3 Å². The number of hydrogen-bond donors (Lipinski definition) is 0. The molecule has 0 radical (unpaired) electrons. The first-order valence-corrected chi connectivity index (χ1v) is 7.17. The monoisotopic (exact) mass is 380 g/mol. The van der Waals surface area contributed by atoms with E-state index in [1.54, 1.807) is 30.3 Å². The molecule has 0 unspecified atom stereocenters. The molecule has 0 saturated heterocycles. The largest absolute Gasteiger partial charge is 0.454 e. The SMILES string of the molecule is Cc1ccc(C(=O)COC(=O)c2cccc(I)c2)cc1. The van der Waals surface area contributed by atoms with E-state index in [1.807, 2.05) is 25.1 Å². The highest BCUT2D eigenvalue weighted by Gasteiger charge is 2.11. The highest BCUT2D eigenvalue weighted by Crippen LogP contribution is 2.10. The van der Waals surface area contributed by atoms with Gasteiger partial charge in [-0.1, -0.05) is 35.9 Å². The van der Waals surface area contributed by atoms with Crippen LogP contribution in [0.25, 0.3) is 0 Å². The zero-order valence-electron chi connectivity index (χ0n) is 10.9. The lowest BCUT2D eigenvalue weighted by molar-refractivity contribution is 0.0474. The molecule has 0 N–H and O–H groups in total. The predicted octanol–water partition coefficient (Wildman–Crippen LogP) is 3.64. The number of carbonyl (C=O) groups excluding carboxylic acids is 2. The van der Waals surface area contributed by atoms with Gasteiger partial charge in [-0.25, -0.2) is 4.79 Å². The Balaban J connectivity index is 1.96. The third-order valence-electron chi connectivity index (χ3n) is 2.77. The number of halogens is 1. The van der Waals surface area contributed by atoms with Gasteiger partial charge in [0.2, 0.25) is 0 Å². The van der Waals surface area contributed by atoms with Gasteiger partial charge in [-0.15, -0.1) is 0 Å². The lowest BCUT2D eigenvalue weighted by atomic mass is 10.1. The maximum absolute atomic E-state index is 11.9. The van der Waals surface area contributed by atoms with Crippen LogP contribution in [0.3, 0.4) is 0 Å². The molecule has 0 aliphatic carbocycles. The minimum atomic E-state index is -0.482. The third kappa shape index (κ3) is 3.90. The summed E-state index contributed by atoms with van der Waals surface area (Å²) in [7, 11) is 0. The Hall–Kier alpha value is -1.69. The highest BCUT2D eigenvalue weighted by atomic mass is 127. The molecule has 2 aromatic rings. The van der Waals surface area contributed by atoms with Crippen molar-refractivity contribution in [3.05, 3.63) is 68.8 Å². The molecule has 2 rings (SSSR count). The first kappa shape index (κ1) is 14.7. The van der Waals surface area contributed by atoms with Gasteiger partial charge in [-0.2, -0.15) is 0 Å². The summed E-state index contributed by atoms with van der Waals surface area (Å²) >= 11 is 2.12. The molecular formula is C16H13IO3. The van der Waals surface area contributed by atoms with E-state index >= 15 is 0 Å². The number of hydrogen-bond acceptors (Lipinski definition) is 3. The molecule has 0 amide bonds. The molecule has 0 spiro atoms. The molecule has 2 aromatic carbocycles. The van der Waals surface area contributed by atoms with Crippen LogP contribution in [-0.4, -0.2) is 18.4 Å². The lowest BCUT2D eigenvalue weighted by Gasteiger charge is -2.05. The Morgan fingerprint density at radius 2 is 1.75 bits per heavy atom. The quantitative estimate of drug-likeness (QED) is 0.462. The molecular weight excluding hydrogens is 367 g/mol. The summed E-state index contributed by atoms with van der Waals surface area (Å²) < 4.78 is 5.98. The van der Waals surface area contributed by atoms with E-state index in [1.165, 1.54) is 0 Å². The second kappa shape index (κ2) is 6.65. The first-order valence-electron chi connectivity index (χ1n) is 6.09. The van der Waals surface area contributed by atoms with Gasteiger partial charge in [-0.05, 0) is 47.7 Å². The number of aryl methyl sites for hydroxylation is 1. The third-order valence-corrected chi connectivity index (χ3v) is 3.44. The molecule has 0 heterocycles. The minimum absolute atomic E-state index is 0.205. The van der Waals surface area contributed by atoms with Crippen LogP contribution in [0, 0.1) is 10.5 Å². The summed E-state index contributed by atoms with van der Waals surface area (Å²) in [6, 6.07) is 14.2. The molecule has 4 heteroatoms. The van der Waals surface area contributed by atoms with Crippen LogP contribution in [0.5, 0.6) is 0 Å². The number of carbonyl (C=O) groups is 2. The predicted molar refractivity (Wildman–Crippen MR) is 85.0 cm³/mol. The zero-order chi connectivity index (χ0) is 14.5. The normalized spacial score (nSPS) is 10.1. The summed E-state index contributed by atoms with van der Waals surface area (Å²) in [5.41, 5.74) is 2.08. The van der Waals surface area contributed by atoms with Crippen molar-refractivity contribution >= 4 is 34.3 Å². The van der Waals surface area contributed by atoms with Crippen LogP contribution in [0.2, 0.25) is 0 Å². The van der Waals surface area contributed by atoms with Gasteiger partial charge in [0.1, 0.15) is 0 Å². The number of Topliss-reactive ketones (excluding diaryl/α,β-unsaturated/α-hetero) is 1. The van der Waals surface area contributed by atoms with Gasteiger partial charge in [0.05, 0.1) is 5.56 Å². The number of ether oxygens (including phenoxy) is 1. The summed E-state index contributed by atoms with van der Waals surface area (Å²) in [5.74, 6) is -0.687. The first-order chi connectivity index (χ1) is 9.56. The number of esters is 1. The van der Waals surface area contributed by atoms with Gasteiger partial charge in [-0.3, -0.25) is 4.79 Å². The average molecular weight is 380 g/mol. The van der Waals surface area contributed by atoms with E-state index in [9.17, 15) is 9.59 Å². The van der Waals surface area contributed by atoms with Crippen LogP contribution < -0.4 is 0 Å². The van der Waals surface area contributed by atoms with Crippen LogP contribution in [0.15, 0.2) is 48.5 Å². The molecule has 0 fully saturated rings. The standard InChI is InChI=1S/C16H13IO3/c1-11-5-7-12(8-6-11)15(18)10-20-16(19)13-3-2-4-14(17)9-13/h2-9H,10H2,1H3. The minimum Gasteiger partial charge on any atom is -0.454 e. The molecule has 0 saturated carbocycles. The van der Waals surface area contributed by atoms with Gasteiger partial charge >= 0.3 is 5.97 Å². The second-order valence-corrected chi connectivity index (χ2v) is 5.62. The summed E-state index contributed by atoms with van der Waals surface area (Å²) in [5, 5.41) is 0. The Morgan fingerprint density at radius 1 is 1.05 bits per heavy atom. The molecule has 0 atom stereocenters. The molecule has 0 aliphatic heterocycles. The fraction of sp³-hybridized carbons (Fsp3) is 0.125. The lowest BCUT2D eigenvalue weighted by Crippen LogP contribution is -2.14. The van der Waals surface area contributed by atoms with Crippen molar-refractivity contribution in [1.29, 1.82) is 0 Å². The zero-order valence-corrected chi connectivity index (χ0v) is 13.1. The maximum atomic E-state index is 11.9. The van der Waals surface area contributed by atoms with Crippen molar-refractivity contribution in [2.45, 2.75) is 6.92 Å². The van der Waals surface area contributed by atoms with Gasteiger partial charge < -0.3 is 4.74 Å². The van der Waals surface area contributed by atoms with Crippen molar-refractivity contribution in [1.82, 2.24) is 0 Å². The second-order valence-electron chi connectivity index (χ2n) is 4.38. The van der Waals surface area contributed by atoms with E-state index in [2.05, 4.69) is 22.6 Å². The van der Waals surface area contributed by atoms with Crippen molar-refractivity contribution in [2.75, 3.05) is 6.61 Å². The van der Waals surface area contributed by atoms with Crippen molar-refractivity contribution in [2.24, 2.45) is 0 Å². The molecule has 0 bridgehead atoms. The summed E-state index contributed by atoms with van der Waals surface area (Å²) in [6.07, 6.45) is 0. The van der Waals surface area contributed by atoms with E-state index < -0.39 is 5.97 Å². The summed E-state index contributed by atoms with van der Waals surface area (Å²) in [4.78, 5) is 23.7. The van der Waals surface area contributed by atoms with Crippen LogP contribution in [0.4, 0.5) is 0 Å². The summed E-state index contributed by atoms with van der Waals surface area (Å²) in [6.45, 7) is 1.71. The van der Waals surface area contributed by atoms with Crippen molar-refractivity contribution < 1.29 is 14.3 Å². The van der Waals surface area contributed by atoms with Gasteiger partial charge in [0, 0.05) is 9.13 Å². The van der Waals surface area contributed by atoms with Crippen molar-refractivity contribution in [3.8, 4) is 0 Å². The molecule has 3 nitrogen and oxygen atoms in total. The fourth-order valence-corrected chi connectivity index (χ4v) is 2.20. The van der Waals surface area contributed by atoms with E-state index in [4.69, 9.17) is 4.74 Å². The Labute approximate surface area is 131 Å². The van der Waals surface area contributed by atoms with Crippen molar-refractivity contribution in [3.63, 3.8) is 0 Å². The van der Waals surface area contributed by atoms with Gasteiger partial charge in [0.25, 0.3) is 0 Å². The van der Waals surface area contributed by atoms with Crippen LogP contribution in [-0.2, 0) is 4.74 Å².